The predicted octanol–water partition coefficient (Wildman–Crippen LogP) is 0.296. The van der Waals surface area contributed by atoms with Crippen LogP contribution in [-0.2, 0) is 4.79 Å². The minimum atomic E-state index is -1.08. The van der Waals surface area contributed by atoms with E-state index >= 15 is 0 Å². The maximum absolute atomic E-state index is 11.6. The molecule has 1 amide bonds. The summed E-state index contributed by atoms with van der Waals surface area (Å²) in [6, 6.07) is -0.937. The van der Waals surface area contributed by atoms with E-state index in [2.05, 4.69) is 15.3 Å². The molecule has 1 aromatic rings. The summed E-state index contributed by atoms with van der Waals surface area (Å²) in [5, 5.41) is 11.0. The summed E-state index contributed by atoms with van der Waals surface area (Å²) in [5.74, 6) is -0.994. The van der Waals surface area contributed by atoms with Crippen LogP contribution in [-0.4, -0.2) is 33.0 Å². The third kappa shape index (κ3) is 2.75. The van der Waals surface area contributed by atoms with Gasteiger partial charge in [-0.05, 0) is 20.8 Å². The standard InChI is InChI=1S/C10H13N3O3/c1-5-8(4-11-7(3)12-5)9(14)13-6(2)10(15)16/h4,6H,1-3H3,(H,13,14)(H,15,16)/t6-/m0/s1. The fourth-order valence-electron chi connectivity index (χ4n) is 1.14. The summed E-state index contributed by atoms with van der Waals surface area (Å²) in [6.07, 6.45) is 1.39. The third-order valence-electron chi connectivity index (χ3n) is 2.06. The molecule has 0 aliphatic heterocycles. The van der Waals surface area contributed by atoms with Crippen molar-refractivity contribution in [3.63, 3.8) is 0 Å². The van der Waals surface area contributed by atoms with E-state index in [1.54, 1.807) is 13.8 Å². The van der Waals surface area contributed by atoms with Crippen LogP contribution in [0.4, 0.5) is 0 Å². The normalized spacial score (nSPS) is 11.9. The van der Waals surface area contributed by atoms with Crippen LogP contribution in [0.1, 0.15) is 28.8 Å². The number of nitrogens with zero attached hydrogens (tertiary/aromatic N) is 2. The van der Waals surface area contributed by atoms with Crippen molar-refractivity contribution >= 4 is 11.9 Å². The summed E-state index contributed by atoms with van der Waals surface area (Å²) >= 11 is 0. The smallest absolute Gasteiger partial charge is 0.325 e. The zero-order valence-corrected chi connectivity index (χ0v) is 9.31. The van der Waals surface area contributed by atoms with Gasteiger partial charge in [0.15, 0.2) is 0 Å². The highest BCUT2D eigenvalue weighted by Gasteiger charge is 2.17. The maximum Gasteiger partial charge on any atom is 0.325 e. The molecular formula is C10H13N3O3. The molecule has 1 aromatic heterocycles. The lowest BCUT2D eigenvalue weighted by atomic mass is 10.2. The molecular weight excluding hydrogens is 210 g/mol. The van der Waals surface area contributed by atoms with E-state index in [0.29, 0.717) is 17.1 Å². The molecule has 6 heteroatoms. The quantitative estimate of drug-likeness (QED) is 0.768. The van der Waals surface area contributed by atoms with Crippen LogP contribution in [0.25, 0.3) is 0 Å². The minimum Gasteiger partial charge on any atom is -0.480 e. The van der Waals surface area contributed by atoms with E-state index in [9.17, 15) is 9.59 Å². The van der Waals surface area contributed by atoms with Crippen LogP contribution in [0.5, 0.6) is 0 Å². The summed E-state index contributed by atoms with van der Waals surface area (Å²) in [6.45, 7) is 4.79. The van der Waals surface area contributed by atoms with Crippen LogP contribution < -0.4 is 5.32 Å². The number of rotatable bonds is 3. The molecule has 1 rings (SSSR count). The average molecular weight is 223 g/mol. The second-order valence-electron chi connectivity index (χ2n) is 3.45. The summed E-state index contributed by atoms with van der Waals surface area (Å²) in [4.78, 5) is 30.1. The van der Waals surface area contributed by atoms with Crippen LogP contribution in [0.2, 0.25) is 0 Å². The highest BCUT2D eigenvalue weighted by Crippen LogP contribution is 2.03. The molecule has 0 spiro atoms. The lowest BCUT2D eigenvalue weighted by Gasteiger charge is -2.10. The van der Waals surface area contributed by atoms with Crippen molar-refractivity contribution in [2.75, 3.05) is 0 Å². The second-order valence-corrected chi connectivity index (χ2v) is 3.45. The van der Waals surface area contributed by atoms with E-state index in [0.717, 1.165) is 0 Å². The Kier molecular flexibility index (Phi) is 3.55. The lowest BCUT2D eigenvalue weighted by Crippen LogP contribution is -2.38. The summed E-state index contributed by atoms with van der Waals surface area (Å²) < 4.78 is 0. The zero-order valence-electron chi connectivity index (χ0n) is 9.31. The van der Waals surface area contributed by atoms with Crippen molar-refractivity contribution in [3.05, 3.63) is 23.3 Å². The molecule has 0 saturated heterocycles. The van der Waals surface area contributed by atoms with Crippen molar-refractivity contribution in [3.8, 4) is 0 Å². The Morgan fingerprint density at radius 1 is 1.44 bits per heavy atom. The number of aliphatic carboxylic acids is 1. The molecule has 0 bridgehead atoms. The number of aryl methyl sites for hydroxylation is 2. The van der Waals surface area contributed by atoms with Gasteiger partial charge in [0.2, 0.25) is 0 Å². The number of hydrogen-bond acceptors (Lipinski definition) is 4. The van der Waals surface area contributed by atoms with Gasteiger partial charge < -0.3 is 10.4 Å². The molecule has 0 fully saturated rings. The van der Waals surface area contributed by atoms with Crippen LogP contribution in [0.3, 0.4) is 0 Å². The molecule has 16 heavy (non-hydrogen) atoms. The number of carbonyl (C=O) groups excluding carboxylic acids is 1. The van der Waals surface area contributed by atoms with E-state index in [-0.39, 0.29) is 0 Å². The first-order valence-corrected chi connectivity index (χ1v) is 4.75. The van der Waals surface area contributed by atoms with Gasteiger partial charge in [-0.25, -0.2) is 9.97 Å². The molecule has 0 aliphatic carbocycles. The minimum absolute atomic E-state index is 0.290. The van der Waals surface area contributed by atoms with E-state index in [1.807, 2.05) is 0 Å². The average Bonchev–Trinajstić information content (AvgIpc) is 2.16. The Bertz CT molecular complexity index is 431. The van der Waals surface area contributed by atoms with Crippen molar-refractivity contribution in [1.82, 2.24) is 15.3 Å². The summed E-state index contributed by atoms with van der Waals surface area (Å²) in [5.41, 5.74) is 0.821. The topological polar surface area (TPSA) is 92.2 Å². The Morgan fingerprint density at radius 3 is 2.56 bits per heavy atom. The highest BCUT2D eigenvalue weighted by atomic mass is 16.4. The van der Waals surface area contributed by atoms with Crippen LogP contribution in [0, 0.1) is 13.8 Å². The van der Waals surface area contributed by atoms with Crippen LogP contribution in [0.15, 0.2) is 6.20 Å². The molecule has 6 nitrogen and oxygen atoms in total. The van der Waals surface area contributed by atoms with Gasteiger partial charge in [-0.15, -0.1) is 0 Å². The molecule has 86 valence electrons. The molecule has 0 saturated carbocycles. The number of amides is 1. The number of carbonyl (C=O) groups is 2. The predicted molar refractivity (Wildman–Crippen MR) is 56.1 cm³/mol. The lowest BCUT2D eigenvalue weighted by molar-refractivity contribution is -0.138. The number of nitrogens with one attached hydrogen (secondary N) is 1. The maximum atomic E-state index is 11.6. The Labute approximate surface area is 92.7 Å². The molecule has 1 heterocycles. The van der Waals surface area contributed by atoms with E-state index in [4.69, 9.17) is 5.11 Å². The first kappa shape index (κ1) is 12.1. The van der Waals surface area contributed by atoms with Gasteiger partial charge in [0.1, 0.15) is 11.9 Å². The summed E-state index contributed by atoms with van der Waals surface area (Å²) in [7, 11) is 0. The van der Waals surface area contributed by atoms with Gasteiger partial charge >= 0.3 is 5.97 Å². The molecule has 0 aliphatic rings. The number of carboxylic acids is 1. The van der Waals surface area contributed by atoms with Crippen molar-refractivity contribution in [2.45, 2.75) is 26.8 Å². The Balaban J connectivity index is 2.85. The molecule has 0 radical (unpaired) electrons. The fraction of sp³-hybridized carbons (Fsp3) is 0.400. The SMILES string of the molecule is Cc1ncc(C(=O)N[C@@H](C)C(=O)O)c(C)n1. The van der Waals surface area contributed by atoms with Gasteiger partial charge in [-0.2, -0.15) is 0 Å². The number of carboxylic acid groups (broad SMARTS) is 1. The first-order valence-electron chi connectivity index (χ1n) is 4.75. The Hall–Kier alpha value is -1.98. The van der Waals surface area contributed by atoms with Gasteiger partial charge in [0, 0.05) is 6.20 Å². The monoisotopic (exact) mass is 223 g/mol. The van der Waals surface area contributed by atoms with E-state index < -0.39 is 17.9 Å². The second kappa shape index (κ2) is 4.69. The van der Waals surface area contributed by atoms with Crippen molar-refractivity contribution < 1.29 is 14.7 Å². The first-order chi connectivity index (χ1) is 7.41. The van der Waals surface area contributed by atoms with Gasteiger partial charge in [0.25, 0.3) is 5.91 Å². The number of aromatic nitrogens is 2. The molecule has 2 N–H and O–H groups in total. The van der Waals surface area contributed by atoms with Gasteiger partial charge in [0.05, 0.1) is 11.3 Å². The largest absolute Gasteiger partial charge is 0.480 e. The van der Waals surface area contributed by atoms with Gasteiger partial charge in [-0.1, -0.05) is 0 Å². The number of hydrogen-bond donors (Lipinski definition) is 2. The fourth-order valence-corrected chi connectivity index (χ4v) is 1.14. The van der Waals surface area contributed by atoms with E-state index in [1.165, 1.54) is 13.1 Å². The van der Waals surface area contributed by atoms with Crippen molar-refractivity contribution in [1.29, 1.82) is 0 Å². The highest BCUT2D eigenvalue weighted by molar-refractivity contribution is 5.97. The third-order valence-corrected chi connectivity index (χ3v) is 2.06. The van der Waals surface area contributed by atoms with Gasteiger partial charge in [-0.3, -0.25) is 9.59 Å². The molecule has 0 unspecified atom stereocenters. The molecule has 1 atom stereocenters. The van der Waals surface area contributed by atoms with Crippen LogP contribution >= 0.6 is 0 Å². The Morgan fingerprint density at radius 2 is 2.06 bits per heavy atom. The zero-order chi connectivity index (χ0) is 12.3. The van der Waals surface area contributed by atoms with Crippen molar-refractivity contribution in [2.24, 2.45) is 0 Å². The molecule has 0 aromatic carbocycles.